The molecule has 1 N–H and O–H groups in total. The van der Waals surface area contributed by atoms with Crippen LogP contribution in [0.4, 0.5) is 10.1 Å². The normalized spacial score (nSPS) is 10.8. The number of fused-ring (bicyclic) bond motifs is 1. The highest BCUT2D eigenvalue weighted by molar-refractivity contribution is 5.85. The Kier molecular flexibility index (Phi) is 3.17. The van der Waals surface area contributed by atoms with Gasteiger partial charge >= 0.3 is 0 Å². The Bertz CT molecular complexity index is 966. The molecule has 0 saturated carbocycles. The average Bonchev–Trinajstić information content (AvgIpc) is 2.49. The number of hydrogen-bond acceptors (Lipinski definition) is 4. The Morgan fingerprint density at radius 1 is 1.23 bits per heavy atom. The van der Waals surface area contributed by atoms with Gasteiger partial charge in [-0.15, -0.1) is 0 Å². The molecule has 0 atom stereocenters. The monoisotopic (exact) mass is 299 g/mol. The van der Waals surface area contributed by atoms with Crippen LogP contribution in [0, 0.1) is 22.9 Å². The zero-order chi connectivity index (χ0) is 15.9. The lowest BCUT2D eigenvalue weighted by Crippen LogP contribution is -2.13. The van der Waals surface area contributed by atoms with E-state index in [2.05, 4.69) is 9.97 Å². The highest BCUT2D eigenvalue weighted by Crippen LogP contribution is 2.25. The summed E-state index contributed by atoms with van der Waals surface area (Å²) in [4.78, 5) is 29.2. The summed E-state index contributed by atoms with van der Waals surface area (Å²) < 4.78 is 14.2. The molecule has 0 spiro atoms. The fourth-order valence-corrected chi connectivity index (χ4v) is 2.25. The quantitative estimate of drug-likeness (QED) is 0.582. The van der Waals surface area contributed by atoms with Crippen LogP contribution in [0.3, 0.4) is 0 Å². The molecule has 3 rings (SSSR count). The van der Waals surface area contributed by atoms with Gasteiger partial charge in [0.25, 0.3) is 11.2 Å². The smallest absolute Gasteiger partial charge is 0.296 e. The molecule has 1 heterocycles. The number of aromatic nitrogens is 2. The first kappa shape index (κ1) is 13.9. The van der Waals surface area contributed by atoms with Crippen LogP contribution in [0.25, 0.3) is 22.3 Å². The minimum Gasteiger partial charge on any atom is -0.318 e. The van der Waals surface area contributed by atoms with Gasteiger partial charge in [0, 0.05) is 11.6 Å². The summed E-state index contributed by atoms with van der Waals surface area (Å²) in [6.07, 6.45) is 0. The number of aromatic amines is 1. The van der Waals surface area contributed by atoms with E-state index in [4.69, 9.17) is 0 Å². The van der Waals surface area contributed by atoms with Gasteiger partial charge in [0.05, 0.1) is 10.4 Å². The Morgan fingerprint density at radius 3 is 2.68 bits per heavy atom. The van der Waals surface area contributed by atoms with Gasteiger partial charge in [0.1, 0.15) is 11.5 Å². The number of H-pyrrole nitrogens is 1. The van der Waals surface area contributed by atoms with E-state index in [0.29, 0.717) is 5.56 Å². The van der Waals surface area contributed by atoms with Gasteiger partial charge in [-0.2, -0.15) is 0 Å². The van der Waals surface area contributed by atoms with Crippen LogP contribution in [0.1, 0.15) is 5.56 Å². The summed E-state index contributed by atoms with van der Waals surface area (Å²) in [6, 6.07) is 8.82. The average molecular weight is 299 g/mol. The highest BCUT2D eigenvalue weighted by atomic mass is 19.1. The van der Waals surface area contributed by atoms with Gasteiger partial charge in [-0.3, -0.25) is 14.9 Å². The molecule has 0 saturated heterocycles. The van der Waals surface area contributed by atoms with E-state index in [1.54, 1.807) is 19.1 Å². The maximum absolute atomic E-state index is 14.2. The zero-order valence-electron chi connectivity index (χ0n) is 11.5. The third kappa shape index (κ3) is 2.12. The van der Waals surface area contributed by atoms with Gasteiger partial charge in [-0.1, -0.05) is 18.2 Å². The first-order chi connectivity index (χ1) is 10.5. The number of para-hydroxylation sites is 1. The summed E-state index contributed by atoms with van der Waals surface area (Å²) in [5.41, 5.74) is -0.398. The molecule has 22 heavy (non-hydrogen) atoms. The van der Waals surface area contributed by atoms with Crippen molar-refractivity contribution >= 4 is 16.7 Å². The summed E-state index contributed by atoms with van der Waals surface area (Å²) in [5, 5.41) is 11.1. The first-order valence-electron chi connectivity index (χ1n) is 6.42. The van der Waals surface area contributed by atoms with Crippen LogP contribution in [0.15, 0.2) is 41.2 Å². The summed E-state index contributed by atoms with van der Waals surface area (Å²) >= 11 is 0. The fourth-order valence-electron chi connectivity index (χ4n) is 2.25. The largest absolute Gasteiger partial charge is 0.318 e. The minimum atomic E-state index is -0.600. The summed E-state index contributed by atoms with van der Waals surface area (Å²) in [6.45, 7) is 1.57. The van der Waals surface area contributed by atoms with E-state index < -0.39 is 16.3 Å². The van der Waals surface area contributed by atoms with Crippen LogP contribution in [0.2, 0.25) is 0 Å². The van der Waals surface area contributed by atoms with Crippen molar-refractivity contribution in [3.8, 4) is 11.3 Å². The van der Waals surface area contributed by atoms with Gasteiger partial charge in [-0.25, -0.2) is 9.37 Å². The highest BCUT2D eigenvalue weighted by Gasteiger charge is 2.18. The van der Waals surface area contributed by atoms with Crippen LogP contribution >= 0.6 is 0 Å². The van der Waals surface area contributed by atoms with E-state index in [-0.39, 0.29) is 28.0 Å². The topological polar surface area (TPSA) is 88.9 Å². The molecule has 0 aliphatic carbocycles. The fraction of sp³-hybridized carbons (Fsp3) is 0.0667. The number of nitro benzene ring substituents is 1. The molecule has 0 bridgehead atoms. The van der Waals surface area contributed by atoms with Gasteiger partial charge < -0.3 is 4.98 Å². The number of hydrogen-bond donors (Lipinski definition) is 1. The van der Waals surface area contributed by atoms with Crippen molar-refractivity contribution in [2.24, 2.45) is 0 Å². The van der Waals surface area contributed by atoms with E-state index in [1.165, 1.54) is 24.3 Å². The Balaban J connectivity index is 2.38. The molecule has 3 aromatic rings. The van der Waals surface area contributed by atoms with Crippen molar-refractivity contribution in [1.29, 1.82) is 0 Å². The predicted octanol–water partition coefficient (Wildman–Crippen LogP) is 2.95. The molecule has 110 valence electrons. The minimum absolute atomic E-state index is 0.0151. The molecule has 0 amide bonds. The third-order valence-electron chi connectivity index (χ3n) is 3.35. The second-order valence-corrected chi connectivity index (χ2v) is 4.78. The summed E-state index contributed by atoms with van der Waals surface area (Å²) in [7, 11) is 0. The molecule has 0 aliphatic heterocycles. The molecule has 7 heteroatoms. The molecule has 1 aromatic heterocycles. The van der Waals surface area contributed by atoms with Crippen molar-refractivity contribution in [3.63, 3.8) is 0 Å². The van der Waals surface area contributed by atoms with Gasteiger partial charge in [0.15, 0.2) is 5.52 Å². The SMILES string of the molecule is Cc1cccc(-c2nc3c([N+](=O)[O-])cccc3[nH]c2=O)c1F. The molecular weight excluding hydrogens is 289 g/mol. The molecular formula is C15H10FN3O3. The Hall–Kier alpha value is -3.09. The number of benzene rings is 2. The van der Waals surface area contributed by atoms with E-state index >= 15 is 0 Å². The second-order valence-electron chi connectivity index (χ2n) is 4.78. The number of halogens is 1. The third-order valence-corrected chi connectivity index (χ3v) is 3.35. The van der Waals surface area contributed by atoms with E-state index in [0.717, 1.165) is 0 Å². The van der Waals surface area contributed by atoms with Crippen molar-refractivity contribution in [3.05, 3.63) is 68.2 Å². The number of non-ortho nitro benzene ring substituents is 1. The van der Waals surface area contributed by atoms with Gasteiger partial charge in [0.2, 0.25) is 0 Å². The maximum atomic E-state index is 14.2. The molecule has 0 radical (unpaired) electrons. The predicted molar refractivity (Wildman–Crippen MR) is 79.1 cm³/mol. The van der Waals surface area contributed by atoms with Crippen molar-refractivity contribution in [2.75, 3.05) is 0 Å². The Morgan fingerprint density at radius 2 is 1.95 bits per heavy atom. The Labute approximate surface area is 123 Å². The number of nitrogens with one attached hydrogen (secondary N) is 1. The van der Waals surface area contributed by atoms with Gasteiger partial charge in [-0.05, 0) is 24.6 Å². The standard InChI is InChI=1S/C15H10FN3O3/c1-8-4-2-5-9(12(8)16)13-15(20)17-10-6-3-7-11(19(21)22)14(10)18-13/h2-7H,1H3,(H,17,20). The zero-order valence-corrected chi connectivity index (χ0v) is 11.5. The number of rotatable bonds is 2. The summed E-state index contributed by atoms with van der Waals surface area (Å²) in [5.74, 6) is -0.571. The van der Waals surface area contributed by atoms with Crippen LogP contribution in [-0.2, 0) is 0 Å². The molecule has 0 aliphatic rings. The number of aryl methyl sites for hydroxylation is 1. The lowest BCUT2D eigenvalue weighted by Gasteiger charge is -2.06. The number of nitro groups is 1. The van der Waals surface area contributed by atoms with Crippen molar-refractivity contribution < 1.29 is 9.31 Å². The van der Waals surface area contributed by atoms with E-state index in [1.807, 2.05) is 0 Å². The second kappa shape index (κ2) is 5.03. The van der Waals surface area contributed by atoms with Crippen molar-refractivity contribution in [2.45, 2.75) is 6.92 Å². The van der Waals surface area contributed by atoms with Crippen molar-refractivity contribution in [1.82, 2.24) is 9.97 Å². The molecule has 2 aromatic carbocycles. The molecule has 0 unspecified atom stereocenters. The lowest BCUT2D eigenvalue weighted by atomic mass is 10.1. The molecule has 0 fully saturated rings. The molecule has 6 nitrogen and oxygen atoms in total. The first-order valence-corrected chi connectivity index (χ1v) is 6.42. The van der Waals surface area contributed by atoms with E-state index in [9.17, 15) is 19.3 Å². The van der Waals surface area contributed by atoms with Crippen LogP contribution < -0.4 is 5.56 Å². The lowest BCUT2D eigenvalue weighted by molar-refractivity contribution is -0.383. The maximum Gasteiger partial charge on any atom is 0.296 e. The number of nitrogens with zero attached hydrogens (tertiary/aromatic N) is 2. The van der Waals surface area contributed by atoms with Crippen LogP contribution in [0.5, 0.6) is 0 Å². The van der Waals surface area contributed by atoms with Crippen LogP contribution in [-0.4, -0.2) is 14.9 Å².